The number of aromatic nitrogens is 1. The lowest BCUT2D eigenvalue weighted by Crippen LogP contribution is -2.34. The molecular formula is C15H23NO5. The van der Waals surface area contributed by atoms with Gasteiger partial charge in [0, 0.05) is 11.8 Å². The normalized spacial score (nSPS) is 14.4. The second-order valence-electron chi connectivity index (χ2n) is 5.90. The molecule has 1 aromatic heterocycles. The van der Waals surface area contributed by atoms with Crippen LogP contribution in [0.4, 0.5) is 0 Å². The number of aromatic amines is 1. The molecule has 0 amide bonds. The van der Waals surface area contributed by atoms with Gasteiger partial charge in [0.1, 0.15) is 11.2 Å². The van der Waals surface area contributed by atoms with E-state index in [-0.39, 0.29) is 24.2 Å². The summed E-state index contributed by atoms with van der Waals surface area (Å²) < 4.78 is 10.3. The van der Waals surface area contributed by atoms with Crippen LogP contribution in [0.2, 0.25) is 0 Å². The van der Waals surface area contributed by atoms with E-state index in [2.05, 4.69) is 4.98 Å². The first-order chi connectivity index (χ1) is 9.63. The molecule has 0 aliphatic carbocycles. The van der Waals surface area contributed by atoms with Crippen molar-refractivity contribution in [2.24, 2.45) is 0 Å². The Morgan fingerprint density at radius 2 is 2.00 bits per heavy atom. The van der Waals surface area contributed by atoms with E-state index in [1.165, 1.54) is 19.4 Å². The van der Waals surface area contributed by atoms with Crippen LogP contribution in [0.1, 0.15) is 46.1 Å². The second-order valence-corrected chi connectivity index (χ2v) is 5.90. The minimum Gasteiger partial charge on any atom is -0.491 e. The Morgan fingerprint density at radius 3 is 2.48 bits per heavy atom. The van der Waals surface area contributed by atoms with Crippen LogP contribution >= 0.6 is 0 Å². The first kappa shape index (κ1) is 17.2. The van der Waals surface area contributed by atoms with Crippen molar-refractivity contribution < 1.29 is 19.4 Å². The van der Waals surface area contributed by atoms with Crippen LogP contribution in [-0.4, -0.2) is 28.8 Å². The van der Waals surface area contributed by atoms with Crippen LogP contribution in [0, 0.1) is 0 Å². The van der Waals surface area contributed by atoms with E-state index in [4.69, 9.17) is 9.47 Å². The molecule has 0 aliphatic heterocycles. The number of hydrogen-bond acceptors (Lipinski definition) is 5. The largest absolute Gasteiger partial charge is 0.491 e. The van der Waals surface area contributed by atoms with Crippen LogP contribution in [0.5, 0.6) is 5.75 Å². The van der Waals surface area contributed by atoms with E-state index >= 15 is 0 Å². The summed E-state index contributed by atoms with van der Waals surface area (Å²) in [5.74, 6) is -0.528. The Kier molecular flexibility index (Phi) is 5.17. The van der Waals surface area contributed by atoms with Gasteiger partial charge in [-0.1, -0.05) is 6.92 Å². The molecular weight excluding hydrogens is 274 g/mol. The summed E-state index contributed by atoms with van der Waals surface area (Å²) in [5.41, 5.74) is -2.32. The van der Waals surface area contributed by atoms with Crippen molar-refractivity contribution >= 4 is 5.97 Å². The number of aliphatic hydroxyl groups is 1. The molecule has 1 rings (SSSR count). The molecule has 0 bridgehead atoms. The first-order valence-electron chi connectivity index (χ1n) is 6.83. The van der Waals surface area contributed by atoms with Gasteiger partial charge in [-0.2, -0.15) is 0 Å². The highest BCUT2D eigenvalue weighted by Gasteiger charge is 2.35. The second kappa shape index (κ2) is 6.30. The van der Waals surface area contributed by atoms with E-state index in [0.29, 0.717) is 0 Å². The Labute approximate surface area is 124 Å². The minimum absolute atomic E-state index is 0.00501. The van der Waals surface area contributed by atoms with Crippen molar-refractivity contribution in [2.75, 3.05) is 7.11 Å². The smallest absolute Gasteiger partial charge is 0.309 e. The van der Waals surface area contributed by atoms with Crippen molar-refractivity contribution in [1.29, 1.82) is 0 Å². The highest BCUT2D eigenvalue weighted by molar-refractivity contribution is 5.71. The molecule has 118 valence electrons. The molecule has 0 saturated heterocycles. The lowest BCUT2D eigenvalue weighted by Gasteiger charge is -2.29. The number of carbonyl (C=O) groups excluding carboxylic acids is 1. The number of ether oxygens (including phenoxy) is 2. The summed E-state index contributed by atoms with van der Waals surface area (Å²) in [5, 5.41) is 10.8. The predicted molar refractivity (Wildman–Crippen MR) is 78.3 cm³/mol. The number of nitrogens with one attached hydrogen (secondary N) is 1. The zero-order chi connectivity index (χ0) is 16.3. The molecule has 1 aromatic rings. The fourth-order valence-corrected chi connectivity index (χ4v) is 2.06. The van der Waals surface area contributed by atoms with E-state index < -0.39 is 22.7 Å². The highest BCUT2D eigenvalue weighted by Crippen LogP contribution is 2.33. The van der Waals surface area contributed by atoms with Gasteiger partial charge in [-0.25, -0.2) is 0 Å². The van der Waals surface area contributed by atoms with E-state index in [1.54, 1.807) is 27.7 Å². The van der Waals surface area contributed by atoms with Gasteiger partial charge in [0.2, 0.25) is 0 Å². The van der Waals surface area contributed by atoms with Crippen LogP contribution in [0.15, 0.2) is 17.1 Å². The number of pyridine rings is 1. The average Bonchev–Trinajstić information content (AvgIpc) is 2.35. The fraction of sp³-hybridized carbons (Fsp3) is 0.600. The molecule has 0 fully saturated rings. The van der Waals surface area contributed by atoms with Gasteiger partial charge >= 0.3 is 5.97 Å². The Balaban J connectivity index is 3.14. The summed E-state index contributed by atoms with van der Waals surface area (Å²) in [4.78, 5) is 26.2. The van der Waals surface area contributed by atoms with Crippen LogP contribution < -0.4 is 10.3 Å². The molecule has 0 unspecified atom stereocenters. The molecule has 21 heavy (non-hydrogen) atoms. The van der Waals surface area contributed by atoms with Gasteiger partial charge in [-0.05, 0) is 33.3 Å². The molecule has 0 saturated carbocycles. The number of methoxy groups -OCH3 is 1. The van der Waals surface area contributed by atoms with Crippen molar-refractivity contribution in [3.8, 4) is 5.75 Å². The van der Waals surface area contributed by atoms with Crippen LogP contribution in [-0.2, 0) is 15.1 Å². The number of H-pyrrole nitrogens is 1. The molecule has 0 radical (unpaired) electrons. The SMILES string of the molecule is CC[C@](O)(CC(=O)OC(C)(C)C)c1cc[nH]c(=O)c1OC. The van der Waals surface area contributed by atoms with Crippen molar-refractivity contribution in [2.45, 2.75) is 51.7 Å². The summed E-state index contributed by atoms with van der Waals surface area (Å²) >= 11 is 0. The zero-order valence-corrected chi connectivity index (χ0v) is 13.1. The molecule has 1 heterocycles. The van der Waals surface area contributed by atoms with Gasteiger partial charge in [0.25, 0.3) is 5.56 Å². The molecule has 0 spiro atoms. The van der Waals surface area contributed by atoms with Crippen molar-refractivity contribution in [3.05, 3.63) is 28.2 Å². The summed E-state index contributed by atoms with van der Waals surface area (Å²) in [7, 11) is 1.34. The third-order valence-electron chi connectivity index (χ3n) is 3.06. The molecule has 2 N–H and O–H groups in total. The maximum Gasteiger partial charge on any atom is 0.309 e. The molecule has 1 atom stereocenters. The van der Waals surface area contributed by atoms with Crippen LogP contribution in [0.25, 0.3) is 0 Å². The lowest BCUT2D eigenvalue weighted by atomic mass is 9.88. The zero-order valence-electron chi connectivity index (χ0n) is 13.1. The third kappa shape index (κ3) is 4.32. The van der Waals surface area contributed by atoms with Gasteiger partial charge in [0.15, 0.2) is 5.75 Å². The van der Waals surface area contributed by atoms with Crippen molar-refractivity contribution in [3.63, 3.8) is 0 Å². The quantitative estimate of drug-likeness (QED) is 0.808. The van der Waals surface area contributed by atoms with Gasteiger partial charge in [-0.3, -0.25) is 9.59 Å². The van der Waals surface area contributed by atoms with Crippen molar-refractivity contribution in [1.82, 2.24) is 4.98 Å². The van der Waals surface area contributed by atoms with E-state index in [1.807, 2.05) is 0 Å². The Hall–Kier alpha value is -1.82. The fourth-order valence-electron chi connectivity index (χ4n) is 2.06. The Morgan fingerprint density at radius 1 is 1.38 bits per heavy atom. The molecule has 6 nitrogen and oxygen atoms in total. The standard InChI is InChI=1S/C15H23NO5/c1-6-15(19,9-11(17)21-14(2,3)4)10-7-8-16-13(18)12(10)20-5/h7-8,19H,6,9H2,1-5H3,(H,16,18)/t15-/m0/s1. The summed E-state index contributed by atoms with van der Waals surface area (Å²) in [6.45, 7) is 6.99. The van der Waals surface area contributed by atoms with Gasteiger partial charge in [-0.15, -0.1) is 0 Å². The van der Waals surface area contributed by atoms with Crippen LogP contribution in [0.3, 0.4) is 0 Å². The maximum atomic E-state index is 12.0. The number of esters is 1. The third-order valence-corrected chi connectivity index (χ3v) is 3.06. The number of hydrogen-bond donors (Lipinski definition) is 2. The van der Waals surface area contributed by atoms with E-state index in [0.717, 1.165) is 0 Å². The number of rotatable bonds is 5. The number of carbonyl (C=O) groups is 1. The topological polar surface area (TPSA) is 88.6 Å². The first-order valence-corrected chi connectivity index (χ1v) is 6.83. The predicted octanol–water partition coefficient (Wildman–Crippen LogP) is 1.71. The summed E-state index contributed by atoms with van der Waals surface area (Å²) in [6.07, 6.45) is 1.41. The lowest BCUT2D eigenvalue weighted by molar-refractivity contribution is -0.161. The minimum atomic E-state index is -1.51. The molecule has 6 heteroatoms. The highest BCUT2D eigenvalue weighted by atomic mass is 16.6. The van der Waals surface area contributed by atoms with Gasteiger partial charge < -0.3 is 19.6 Å². The Bertz CT molecular complexity index is 558. The van der Waals surface area contributed by atoms with E-state index in [9.17, 15) is 14.7 Å². The average molecular weight is 297 g/mol. The summed E-state index contributed by atoms with van der Waals surface area (Å²) in [6, 6.07) is 1.54. The monoisotopic (exact) mass is 297 g/mol. The maximum absolute atomic E-state index is 12.0. The molecule has 0 aliphatic rings. The molecule has 0 aromatic carbocycles. The van der Waals surface area contributed by atoms with Gasteiger partial charge in [0.05, 0.1) is 13.5 Å².